The van der Waals surface area contributed by atoms with Gasteiger partial charge in [0.1, 0.15) is 0 Å². The van der Waals surface area contributed by atoms with Crippen molar-refractivity contribution < 1.29 is 4.79 Å². The summed E-state index contributed by atoms with van der Waals surface area (Å²) in [5.74, 6) is 0.0472. The average Bonchev–Trinajstić information content (AvgIpc) is 3.11. The fourth-order valence-electron chi connectivity index (χ4n) is 3.57. The van der Waals surface area contributed by atoms with E-state index in [1.165, 1.54) is 27.6 Å². The van der Waals surface area contributed by atoms with Crippen molar-refractivity contribution in [1.29, 1.82) is 0 Å². The summed E-state index contributed by atoms with van der Waals surface area (Å²) in [7, 11) is 0. The third kappa shape index (κ3) is 4.72. The molecule has 0 spiro atoms. The van der Waals surface area contributed by atoms with Crippen LogP contribution in [0.15, 0.2) is 79.1 Å². The number of pyridine rings is 1. The third-order valence-electron chi connectivity index (χ3n) is 5.16. The number of nitrogens with zero attached hydrogens (tertiary/aromatic N) is 2. The van der Waals surface area contributed by atoms with Crippen LogP contribution in [0.3, 0.4) is 0 Å². The van der Waals surface area contributed by atoms with E-state index in [9.17, 15) is 4.79 Å². The molecule has 1 amide bonds. The van der Waals surface area contributed by atoms with Crippen LogP contribution in [-0.2, 0) is 24.3 Å². The topological polar surface area (TPSA) is 46.9 Å². The minimum absolute atomic E-state index is 0.0472. The van der Waals surface area contributed by atoms with Crippen molar-refractivity contribution in [3.8, 4) is 0 Å². The lowest BCUT2D eigenvalue weighted by Gasteiger charge is -2.06. The van der Waals surface area contributed by atoms with Gasteiger partial charge in [-0.1, -0.05) is 54.1 Å². The number of fused-ring (bicyclic) bond motifs is 1. The maximum absolute atomic E-state index is 12.3. The summed E-state index contributed by atoms with van der Waals surface area (Å²) in [4.78, 5) is 16.6. The van der Waals surface area contributed by atoms with Gasteiger partial charge in [-0.25, -0.2) is 0 Å². The van der Waals surface area contributed by atoms with Crippen molar-refractivity contribution in [3.63, 3.8) is 0 Å². The van der Waals surface area contributed by atoms with Gasteiger partial charge >= 0.3 is 0 Å². The monoisotopic (exact) mass is 383 g/mol. The van der Waals surface area contributed by atoms with Gasteiger partial charge in [0.25, 0.3) is 0 Å². The van der Waals surface area contributed by atoms with Gasteiger partial charge in [0.2, 0.25) is 5.91 Å². The molecule has 29 heavy (non-hydrogen) atoms. The Bertz CT molecular complexity index is 1100. The van der Waals surface area contributed by atoms with E-state index >= 15 is 0 Å². The quantitative estimate of drug-likeness (QED) is 0.505. The Hall–Kier alpha value is -3.40. The first-order valence-electron chi connectivity index (χ1n) is 9.98. The van der Waals surface area contributed by atoms with Crippen molar-refractivity contribution >= 4 is 16.8 Å². The molecule has 0 unspecified atom stereocenters. The molecule has 0 radical (unpaired) electrons. The summed E-state index contributed by atoms with van der Waals surface area (Å²) in [6, 6.07) is 22.8. The zero-order chi connectivity index (χ0) is 20.1. The number of aryl methyl sites for hydroxylation is 2. The second-order valence-corrected chi connectivity index (χ2v) is 7.38. The van der Waals surface area contributed by atoms with Crippen molar-refractivity contribution in [1.82, 2.24) is 14.9 Å². The predicted molar refractivity (Wildman–Crippen MR) is 117 cm³/mol. The van der Waals surface area contributed by atoms with Crippen molar-refractivity contribution in [3.05, 3.63) is 102 Å². The predicted octanol–water partition coefficient (Wildman–Crippen LogP) is 4.64. The Morgan fingerprint density at radius 3 is 2.59 bits per heavy atom. The molecule has 0 atom stereocenters. The van der Waals surface area contributed by atoms with E-state index in [0.717, 1.165) is 18.7 Å². The van der Waals surface area contributed by atoms with Crippen LogP contribution < -0.4 is 5.32 Å². The zero-order valence-corrected chi connectivity index (χ0v) is 16.6. The lowest BCUT2D eigenvalue weighted by atomic mass is 10.1. The Kier molecular flexibility index (Phi) is 5.71. The maximum Gasteiger partial charge on any atom is 0.220 e. The van der Waals surface area contributed by atoms with Crippen molar-refractivity contribution in [2.75, 3.05) is 0 Å². The molecule has 2 aromatic carbocycles. The second kappa shape index (κ2) is 8.74. The molecular formula is C25H25N3O. The van der Waals surface area contributed by atoms with Crippen molar-refractivity contribution in [2.24, 2.45) is 0 Å². The molecule has 0 saturated heterocycles. The van der Waals surface area contributed by atoms with Gasteiger partial charge in [0, 0.05) is 36.3 Å². The van der Waals surface area contributed by atoms with E-state index in [0.29, 0.717) is 13.0 Å². The minimum atomic E-state index is 0.0472. The van der Waals surface area contributed by atoms with Crippen LogP contribution in [0.1, 0.15) is 28.8 Å². The molecule has 4 heteroatoms. The van der Waals surface area contributed by atoms with E-state index in [-0.39, 0.29) is 5.91 Å². The Morgan fingerprint density at radius 2 is 1.79 bits per heavy atom. The first-order valence-corrected chi connectivity index (χ1v) is 9.98. The summed E-state index contributed by atoms with van der Waals surface area (Å²) in [5.41, 5.74) is 5.83. The lowest BCUT2D eigenvalue weighted by Crippen LogP contribution is -2.23. The normalized spacial score (nSPS) is 10.9. The van der Waals surface area contributed by atoms with Gasteiger partial charge < -0.3 is 9.88 Å². The number of carbonyl (C=O) groups is 1. The SMILES string of the molecule is Cc1ccc(Cn2cc(CCC(=O)NCc3ccccn3)c3ccccc32)cc1. The molecular weight excluding hydrogens is 358 g/mol. The molecule has 0 aliphatic heterocycles. The number of para-hydroxylation sites is 1. The Labute approximate surface area is 171 Å². The molecule has 4 rings (SSSR count). The molecule has 4 nitrogen and oxygen atoms in total. The van der Waals surface area contributed by atoms with Crippen LogP contribution in [0, 0.1) is 6.92 Å². The number of benzene rings is 2. The van der Waals surface area contributed by atoms with Crippen LogP contribution in [-0.4, -0.2) is 15.5 Å². The van der Waals surface area contributed by atoms with Crippen LogP contribution in [0.2, 0.25) is 0 Å². The van der Waals surface area contributed by atoms with Crippen molar-refractivity contribution in [2.45, 2.75) is 32.9 Å². The summed E-state index contributed by atoms with van der Waals surface area (Å²) in [5, 5.41) is 4.18. The fourth-order valence-corrected chi connectivity index (χ4v) is 3.57. The smallest absolute Gasteiger partial charge is 0.220 e. The number of aromatic nitrogens is 2. The molecule has 4 aromatic rings. The van der Waals surface area contributed by atoms with Gasteiger partial charge in [-0.2, -0.15) is 0 Å². The fraction of sp³-hybridized carbons (Fsp3) is 0.200. The van der Waals surface area contributed by atoms with Gasteiger partial charge in [0.05, 0.1) is 12.2 Å². The molecule has 146 valence electrons. The Morgan fingerprint density at radius 1 is 1.00 bits per heavy atom. The highest BCUT2D eigenvalue weighted by Crippen LogP contribution is 2.23. The average molecular weight is 383 g/mol. The summed E-state index contributed by atoms with van der Waals surface area (Å²) < 4.78 is 2.28. The van der Waals surface area contributed by atoms with E-state index < -0.39 is 0 Å². The van der Waals surface area contributed by atoms with Crippen LogP contribution in [0.25, 0.3) is 10.9 Å². The van der Waals surface area contributed by atoms with E-state index in [4.69, 9.17) is 0 Å². The van der Waals surface area contributed by atoms with E-state index in [2.05, 4.69) is 76.5 Å². The highest BCUT2D eigenvalue weighted by Gasteiger charge is 2.10. The summed E-state index contributed by atoms with van der Waals surface area (Å²) in [6.07, 6.45) is 5.11. The first-order chi connectivity index (χ1) is 14.2. The van der Waals surface area contributed by atoms with Gasteiger partial charge in [0.15, 0.2) is 0 Å². The summed E-state index contributed by atoms with van der Waals surface area (Å²) >= 11 is 0. The van der Waals surface area contributed by atoms with Crippen LogP contribution in [0.4, 0.5) is 0 Å². The lowest BCUT2D eigenvalue weighted by molar-refractivity contribution is -0.121. The number of rotatable bonds is 7. The standard InChI is InChI=1S/C25H25N3O/c1-19-9-11-20(12-10-19)17-28-18-21(23-7-2-3-8-24(23)28)13-14-25(29)27-16-22-6-4-5-15-26-22/h2-12,15,18H,13-14,16-17H2,1H3,(H,27,29). The van der Waals surface area contributed by atoms with Crippen LogP contribution in [0.5, 0.6) is 0 Å². The molecule has 0 saturated carbocycles. The molecule has 0 fully saturated rings. The van der Waals surface area contributed by atoms with Gasteiger partial charge in [-0.15, -0.1) is 0 Å². The highest BCUT2D eigenvalue weighted by atomic mass is 16.1. The number of hydrogen-bond acceptors (Lipinski definition) is 2. The second-order valence-electron chi connectivity index (χ2n) is 7.38. The third-order valence-corrected chi connectivity index (χ3v) is 5.16. The molecule has 0 aliphatic carbocycles. The number of hydrogen-bond donors (Lipinski definition) is 1. The molecule has 0 aliphatic rings. The van der Waals surface area contributed by atoms with E-state index in [1.54, 1.807) is 6.20 Å². The number of amides is 1. The molecule has 1 N–H and O–H groups in total. The van der Waals surface area contributed by atoms with E-state index in [1.807, 2.05) is 18.2 Å². The zero-order valence-electron chi connectivity index (χ0n) is 16.6. The highest BCUT2D eigenvalue weighted by molar-refractivity contribution is 5.85. The number of nitrogens with one attached hydrogen (secondary N) is 1. The van der Waals surface area contributed by atoms with Gasteiger partial charge in [-0.05, 0) is 42.7 Å². The first kappa shape index (κ1) is 18.9. The summed E-state index contributed by atoms with van der Waals surface area (Å²) in [6.45, 7) is 3.40. The van der Waals surface area contributed by atoms with Crippen LogP contribution >= 0.6 is 0 Å². The number of carbonyl (C=O) groups excluding carboxylic acids is 1. The molecule has 2 aromatic heterocycles. The molecule has 0 bridgehead atoms. The minimum Gasteiger partial charge on any atom is -0.350 e. The molecule has 2 heterocycles. The van der Waals surface area contributed by atoms with Gasteiger partial charge in [-0.3, -0.25) is 9.78 Å². The maximum atomic E-state index is 12.3. The largest absolute Gasteiger partial charge is 0.350 e. The Balaban J connectivity index is 1.44.